The number of hydrogen-bond acceptors (Lipinski definition) is 5. The van der Waals surface area contributed by atoms with Crippen molar-refractivity contribution in [3.05, 3.63) is 71.8 Å². The van der Waals surface area contributed by atoms with Crippen molar-refractivity contribution < 1.29 is 23.9 Å². The van der Waals surface area contributed by atoms with Gasteiger partial charge in [0.2, 0.25) is 11.7 Å². The highest BCUT2D eigenvalue weighted by Gasteiger charge is 2.23. The van der Waals surface area contributed by atoms with Crippen LogP contribution >= 0.6 is 0 Å². The quantitative estimate of drug-likeness (QED) is 0.432. The van der Waals surface area contributed by atoms with Crippen LogP contribution in [-0.4, -0.2) is 36.9 Å². The van der Waals surface area contributed by atoms with Gasteiger partial charge in [-0.3, -0.25) is 9.59 Å². The van der Waals surface area contributed by atoms with Crippen LogP contribution in [0.3, 0.4) is 0 Å². The van der Waals surface area contributed by atoms with E-state index in [1.165, 1.54) is 27.0 Å². The number of carbonyl (C=O) groups excluding carboxylic acids is 3. The first kappa shape index (κ1) is 20.9. The second-order valence-corrected chi connectivity index (χ2v) is 6.15. The number of amides is 1. The van der Waals surface area contributed by atoms with Crippen LogP contribution in [0.25, 0.3) is 6.08 Å². The third-order valence-electron chi connectivity index (χ3n) is 3.98. The molecule has 0 bridgehead atoms. The van der Waals surface area contributed by atoms with Crippen LogP contribution in [-0.2, 0) is 14.3 Å². The second kappa shape index (κ2) is 10.1. The van der Waals surface area contributed by atoms with Gasteiger partial charge in [0.25, 0.3) is 0 Å². The van der Waals surface area contributed by atoms with Gasteiger partial charge >= 0.3 is 5.97 Å². The van der Waals surface area contributed by atoms with Crippen molar-refractivity contribution in [1.29, 1.82) is 0 Å². The Kier molecular flexibility index (Phi) is 7.51. The van der Waals surface area contributed by atoms with E-state index in [0.29, 0.717) is 11.3 Å². The lowest BCUT2D eigenvalue weighted by Crippen LogP contribution is -2.41. The van der Waals surface area contributed by atoms with Gasteiger partial charge in [0.15, 0.2) is 6.10 Å². The molecule has 6 nitrogen and oxygen atoms in total. The molecule has 0 aliphatic carbocycles. The number of hydrogen-bond donors (Lipinski definition) is 1. The van der Waals surface area contributed by atoms with E-state index < -0.39 is 24.0 Å². The molecule has 0 aliphatic heterocycles. The lowest BCUT2D eigenvalue weighted by molar-refractivity contribution is -0.149. The van der Waals surface area contributed by atoms with Crippen LogP contribution in [0.2, 0.25) is 0 Å². The van der Waals surface area contributed by atoms with Gasteiger partial charge in [0.1, 0.15) is 11.8 Å². The zero-order chi connectivity index (χ0) is 20.5. The van der Waals surface area contributed by atoms with Crippen molar-refractivity contribution in [2.24, 2.45) is 0 Å². The Morgan fingerprint density at radius 3 is 2.21 bits per heavy atom. The standard InChI is InChI=1S/C22H23NO5/c1-15(23-20(24)14-9-17-7-5-4-6-8-17)22(26)28-16(2)21(25)18-10-12-19(27-3)13-11-18/h4-16H,1-3H3,(H,23,24)/b14-9+/t15-,16-/m0/s1. The molecule has 2 atom stereocenters. The molecular formula is C22H23NO5. The van der Waals surface area contributed by atoms with Gasteiger partial charge in [0, 0.05) is 11.6 Å². The first-order valence-corrected chi connectivity index (χ1v) is 8.83. The molecule has 146 valence electrons. The number of esters is 1. The number of ether oxygens (including phenoxy) is 2. The van der Waals surface area contributed by atoms with E-state index in [4.69, 9.17) is 9.47 Å². The van der Waals surface area contributed by atoms with Gasteiger partial charge in [-0.2, -0.15) is 0 Å². The summed E-state index contributed by atoms with van der Waals surface area (Å²) in [6, 6.07) is 14.9. The first-order valence-electron chi connectivity index (χ1n) is 8.83. The highest BCUT2D eigenvalue weighted by Crippen LogP contribution is 2.14. The van der Waals surface area contributed by atoms with Crippen LogP contribution in [0, 0.1) is 0 Å². The molecule has 0 heterocycles. The van der Waals surface area contributed by atoms with E-state index >= 15 is 0 Å². The van der Waals surface area contributed by atoms with Crippen molar-refractivity contribution in [3.8, 4) is 5.75 Å². The highest BCUT2D eigenvalue weighted by molar-refractivity contribution is 6.00. The summed E-state index contributed by atoms with van der Waals surface area (Å²) in [7, 11) is 1.53. The molecule has 0 spiro atoms. The molecule has 0 saturated carbocycles. The second-order valence-electron chi connectivity index (χ2n) is 6.15. The largest absolute Gasteiger partial charge is 0.497 e. The minimum atomic E-state index is -0.972. The molecule has 0 fully saturated rings. The van der Waals surface area contributed by atoms with Gasteiger partial charge in [-0.1, -0.05) is 30.3 Å². The van der Waals surface area contributed by atoms with Crippen LogP contribution in [0.1, 0.15) is 29.8 Å². The van der Waals surface area contributed by atoms with Crippen molar-refractivity contribution in [3.63, 3.8) is 0 Å². The number of methoxy groups -OCH3 is 1. The van der Waals surface area contributed by atoms with Crippen molar-refractivity contribution in [1.82, 2.24) is 5.32 Å². The number of nitrogens with one attached hydrogen (secondary N) is 1. The Balaban J connectivity index is 1.87. The molecule has 2 rings (SSSR count). The predicted octanol–water partition coefficient (Wildman–Crippen LogP) is 3.03. The van der Waals surface area contributed by atoms with Crippen LogP contribution in [0.4, 0.5) is 0 Å². The minimum Gasteiger partial charge on any atom is -0.497 e. The zero-order valence-corrected chi connectivity index (χ0v) is 16.0. The van der Waals surface area contributed by atoms with Crippen molar-refractivity contribution >= 4 is 23.7 Å². The lowest BCUT2D eigenvalue weighted by atomic mass is 10.1. The van der Waals surface area contributed by atoms with Crippen LogP contribution in [0.15, 0.2) is 60.7 Å². The fourth-order valence-corrected chi connectivity index (χ4v) is 2.38. The van der Waals surface area contributed by atoms with E-state index in [2.05, 4.69) is 5.32 Å². The molecule has 2 aromatic carbocycles. The maximum Gasteiger partial charge on any atom is 0.329 e. The maximum atomic E-state index is 12.4. The summed E-state index contributed by atoms with van der Waals surface area (Å²) in [6.07, 6.45) is 2.01. The number of rotatable bonds is 8. The molecule has 6 heteroatoms. The van der Waals surface area contributed by atoms with Crippen molar-refractivity contribution in [2.75, 3.05) is 7.11 Å². The monoisotopic (exact) mass is 381 g/mol. The molecule has 1 N–H and O–H groups in total. The average Bonchev–Trinajstić information content (AvgIpc) is 2.72. The molecule has 0 aliphatic rings. The summed E-state index contributed by atoms with van der Waals surface area (Å²) in [5, 5.41) is 2.52. The summed E-state index contributed by atoms with van der Waals surface area (Å²) < 4.78 is 10.2. The first-order chi connectivity index (χ1) is 13.4. The molecule has 0 radical (unpaired) electrons. The summed E-state index contributed by atoms with van der Waals surface area (Å²) in [5.41, 5.74) is 1.27. The van der Waals surface area contributed by atoms with Gasteiger partial charge in [0.05, 0.1) is 7.11 Å². The van der Waals surface area contributed by atoms with E-state index in [9.17, 15) is 14.4 Å². The number of benzene rings is 2. The normalized spacial score (nSPS) is 12.8. The fourth-order valence-electron chi connectivity index (χ4n) is 2.38. The fraction of sp³-hybridized carbons (Fsp3) is 0.227. The molecule has 2 aromatic rings. The maximum absolute atomic E-state index is 12.4. The molecular weight excluding hydrogens is 358 g/mol. The summed E-state index contributed by atoms with van der Waals surface area (Å²) in [6.45, 7) is 3.00. The SMILES string of the molecule is COc1ccc(C(=O)[C@H](C)OC(=O)[C@H](C)NC(=O)/C=C/c2ccccc2)cc1. The van der Waals surface area contributed by atoms with E-state index in [0.717, 1.165) is 5.56 Å². The van der Waals surface area contributed by atoms with Crippen LogP contribution < -0.4 is 10.1 Å². The third kappa shape index (κ3) is 6.09. The predicted molar refractivity (Wildman–Crippen MR) is 106 cm³/mol. The Labute approximate surface area is 164 Å². The number of ketones is 1. The average molecular weight is 381 g/mol. The molecule has 28 heavy (non-hydrogen) atoms. The third-order valence-corrected chi connectivity index (χ3v) is 3.98. The van der Waals surface area contributed by atoms with E-state index in [1.807, 2.05) is 30.3 Å². The molecule has 0 unspecified atom stereocenters. The number of carbonyl (C=O) groups is 3. The topological polar surface area (TPSA) is 81.7 Å². The Morgan fingerprint density at radius 2 is 1.61 bits per heavy atom. The minimum absolute atomic E-state index is 0.335. The lowest BCUT2D eigenvalue weighted by Gasteiger charge is -2.16. The Hall–Kier alpha value is -3.41. The zero-order valence-electron chi connectivity index (χ0n) is 16.0. The molecule has 0 aromatic heterocycles. The number of Topliss-reactive ketones (excluding diaryl/α,β-unsaturated/α-hetero) is 1. The van der Waals surface area contributed by atoms with Gasteiger partial charge in [-0.05, 0) is 49.8 Å². The molecule has 1 amide bonds. The van der Waals surface area contributed by atoms with Gasteiger partial charge in [-0.15, -0.1) is 0 Å². The van der Waals surface area contributed by atoms with Crippen LogP contribution in [0.5, 0.6) is 5.75 Å². The van der Waals surface area contributed by atoms with E-state index in [-0.39, 0.29) is 5.78 Å². The smallest absolute Gasteiger partial charge is 0.329 e. The molecule has 0 saturated heterocycles. The summed E-state index contributed by atoms with van der Waals surface area (Å²) >= 11 is 0. The summed E-state index contributed by atoms with van der Waals surface area (Å²) in [4.78, 5) is 36.5. The highest BCUT2D eigenvalue weighted by atomic mass is 16.5. The van der Waals surface area contributed by atoms with Gasteiger partial charge in [-0.25, -0.2) is 4.79 Å². The summed E-state index contributed by atoms with van der Waals surface area (Å²) in [5.74, 6) is -0.821. The Morgan fingerprint density at radius 1 is 0.964 bits per heavy atom. The van der Waals surface area contributed by atoms with Crippen molar-refractivity contribution in [2.45, 2.75) is 26.0 Å². The Bertz CT molecular complexity index is 843. The van der Waals surface area contributed by atoms with Gasteiger partial charge < -0.3 is 14.8 Å². The van der Waals surface area contributed by atoms with E-state index in [1.54, 1.807) is 30.3 Å².